The van der Waals surface area contributed by atoms with Gasteiger partial charge in [0, 0.05) is 0 Å². The lowest BCUT2D eigenvalue weighted by molar-refractivity contribution is 0.0878. The number of methoxy groups -OCH3 is 1. The average Bonchev–Trinajstić information content (AvgIpc) is 3.08. The van der Waals surface area contributed by atoms with Crippen LogP contribution in [-0.2, 0) is 5.41 Å². The van der Waals surface area contributed by atoms with Gasteiger partial charge in [-0.1, -0.05) is 32.0 Å². The van der Waals surface area contributed by atoms with Crippen LogP contribution in [-0.4, -0.2) is 34.1 Å². The van der Waals surface area contributed by atoms with Crippen LogP contribution in [0.15, 0.2) is 42.5 Å². The molecule has 174 valence electrons. The van der Waals surface area contributed by atoms with E-state index in [1.54, 1.807) is 6.92 Å². The van der Waals surface area contributed by atoms with Crippen molar-refractivity contribution >= 4 is 11.8 Å². The minimum Gasteiger partial charge on any atom is -0.480 e. The predicted molar refractivity (Wildman–Crippen MR) is 120 cm³/mol. The van der Waals surface area contributed by atoms with Crippen molar-refractivity contribution < 1.29 is 23.4 Å². The van der Waals surface area contributed by atoms with Crippen LogP contribution in [0.2, 0.25) is 0 Å². The number of aliphatic hydroxyl groups excluding tert-OH is 1. The Morgan fingerprint density at radius 1 is 1.21 bits per heavy atom. The highest BCUT2D eigenvalue weighted by Crippen LogP contribution is 2.42. The van der Waals surface area contributed by atoms with Gasteiger partial charge in [-0.15, -0.1) is 5.10 Å². The molecule has 2 aromatic carbocycles. The smallest absolute Gasteiger partial charge is 0.320 e. The second-order valence-corrected chi connectivity index (χ2v) is 8.82. The molecule has 0 bridgehead atoms. The fourth-order valence-corrected chi connectivity index (χ4v) is 4.39. The van der Waals surface area contributed by atoms with E-state index in [2.05, 4.69) is 15.7 Å². The molecule has 0 aliphatic heterocycles. The van der Waals surface area contributed by atoms with Crippen LogP contribution >= 0.6 is 0 Å². The highest BCUT2D eigenvalue weighted by atomic mass is 19.2. The molecule has 1 aromatic heterocycles. The zero-order valence-electron chi connectivity index (χ0n) is 18.8. The number of nitrogens with zero attached hydrogens (tertiary/aromatic N) is 2. The number of amides is 2. The van der Waals surface area contributed by atoms with E-state index in [1.807, 2.05) is 44.2 Å². The van der Waals surface area contributed by atoms with Gasteiger partial charge in [-0.2, -0.15) is 0 Å². The number of hydrogen-bond donors (Lipinski definition) is 3. The molecule has 7 nitrogen and oxygen atoms in total. The van der Waals surface area contributed by atoms with Crippen LogP contribution in [0.5, 0.6) is 5.88 Å². The summed E-state index contributed by atoms with van der Waals surface area (Å²) in [5.74, 6) is -1.27. The van der Waals surface area contributed by atoms with Crippen molar-refractivity contribution in [2.75, 3.05) is 12.4 Å². The summed E-state index contributed by atoms with van der Waals surface area (Å²) in [5.41, 5.74) is 1.62. The zero-order chi connectivity index (χ0) is 23.9. The number of halogens is 2. The van der Waals surface area contributed by atoms with Gasteiger partial charge >= 0.3 is 6.03 Å². The van der Waals surface area contributed by atoms with Crippen molar-refractivity contribution in [1.82, 2.24) is 15.1 Å². The molecule has 4 rings (SSSR count). The van der Waals surface area contributed by atoms with Crippen LogP contribution in [0.3, 0.4) is 0 Å². The summed E-state index contributed by atoms with van der Waals surface area (Å²) in [6.45, 7) is 5.44. The van der Waals surface area contributed by atoms with Crippen LogP contribution in [0, 0.1) is 18.6 Å². The topological polar surface area (TPSA) is 88.4 Å². The minimum atomic E-state index is -1.03. The zero-order valence-corrected chi connectivity index (χ0v) is 18.8. The first-order valence-electron chi connectivity index (χ1n) is 10.6. The Bertz CT molecular complexity index is 1190. The molecule has 33 heavy (non-hydrogen) atoms. The molecular formula is C24H26F2N4O3. The molecule has 1 aliphatic carbocycles. The summed E-state index contributed by atoms with van der Waals surface area (Å²) in [5, 5.41) is 20.6. The SMILES string of the molecule is COc1nn(-c2ccccc2)c(NC(=O)NC2c3cc(F)c(F)cc3C(C)(C)CC2O)c1C. The summed E-state index contributed by atoms with van der Waals surface area (Å²) in [7, 11) is 1.49. The summed E-state index contributed by atoms with van der Waals surface area (Å²) >= 11 is 0. The van der Waals surface area contributed by atoms with Crippen LogP contribution < -0.4 is 15.4 Å². The summed E-state index contributed by atoms with van der Waals surface area (Å²) in [6.07, 6.45) is -0.719. The van der Waals surface area contributed by atoms with Crippen LogP contribution in [0.25, 0.3) is 5.69 Å². The molecule has 1 heterocycles. The van der Waals surface area contributed by atoms with E-state index in [0.717, 1.165) is 12.1 Å². The van der Waals surface area contributed by atoms with Gasteiger partial charge < -0.3 is 15.2 Å². The molecule has 2 atom stereocenters. The molecular weight excluding hydrogens is 430 g/mol. The molecule has 0 saturated carbocycles. The van der Waals surface area contributed by atoms with Gasteiger partial charge in [0.25, 0.3) is 0 Å². The van der Waals surface area contributed by atoms with E-state index in [1.165, 1.54) is 11.8 Å². The number of carbonyl (C=O) groups is 1. The Balaban J connectivity index is 1.66. The Labute approximate surface area is 190 Å². The number of benzene rings is 2. The molecule has 2 unspecified atom stereocenters. The number of anilines is 1. The lowest BCUT2D eigenvalue weighted by Crippen LogP contribution is -2.45. The van der Waals surface area contributed by atoms with Crippen molar-refractivity contribution in [2.45, 2.75) is 44.8 Å². The fourth-order valence-electron chi connectivity index (χ4n) is 4.39. The number of aromatic nitrogens is 2. The quantitative estimate of drug-likeness (QED) is 0.544. The van der Waals surface area contributed by atoms with Crippen molar-refractivity contribution in [2.24, 2.45) is 0 Å². The minimum absolute atomic E-state index is 0.269. The normalized spacial score (nSPS) is 19.0. The van der Waals surface area contributed by atoms with E-state index in [9.17, 15) is 18.7 Å². The first kappa shape index (κ1) is 22.7. The number of para-hydroxylation sites is 1. The number of carbonyl (C=O) groups excluding carboxylic acids is 1. The lowest BCUT2D eigenvalue weighted by Gasteiger charge is -2.40. The van der Waals surface area contributed by atoms with E-state index in [4.69, 9.17) is 4.74 Å². The maximum absolute atomic E-state index is 14.1. The maximum atomic E-state index is 14.1. The van der Waals surface area contributed by atoms with Crippen molar-refractivity contribution in [1.29, 1.82) is 0 Å². The van der Waals surface area contributed by atoms with Gasteiger partial charge in [-0.3, -0.25) is 5.32 Å². The second-order valence-electron chi connectivity index (χ2n) is 8.82. The molecule has 0 radical (unpaired) electrons. The van der Waals surface area contributed by atoms with Crippen LogP contribution in [0.4, 0.5) is 19.4 Å². The molecule has 3 aromatic rings. The lowest BCUT2D eigenvalue weighted by atomic mass is 9.69. The molecule has 2 amide bonds. The number of fused-ring (bicyclic) bond motifs is 1. The molecule has 1 aliphatic rings. The average molecular weight is 456 g/mol. The van der Waals surface area contributed by atoms with Gasteiger partial charge in [0.2, 0.25) is 5.88 Å². The number of hydrogen-bond acceptors (Lipinski definition) is 4. The maximum Gasteiger partial charge on any atom is 0.320 e. The molecule has 3 N–H and O–H groups in total. The van der Waals surface area contributed by atoms with E-state index >= 15 is 0 Å². The number of rotatable bonds is 4. The Morgan fingerprint density at radius 3 is 2.55 bits per heavy atom. The number of ether oxygens (including phenoxy) is 1. The van der Waals surface area contributed by atoms with Crippen LogP contribution in [0.1, 0.15) is 43.0 Å². The largest absolute Gasteiger partial charge is 0.480 e. The molecule has 0 saturated heterocycles. The highest BCUT2D eigenvalue weighted by Gasteiger charge is 2.40. The number of urea groups is 1. The first-order chi connectivity index (χ1) is 15.6. The van der Waals surface area contributed by atoms with Gasteiger partial charge in [0.05, 0.1) is 30.5 Å². The summed E-state index contributed by atoms with van der Waals surface area (Å²) in [6, 6.07) is 9.84. The van der Waals surface area contributed by atoms with E-state index in [0.29, 0.717) is 34.1 Å². The monoisotopic (exact) mass is 456 g/mol. The van der Waals surface area contributed by atoms with E-state index in [-0.39, 0.29) is 6.42 Å². The van der Waals surface area contributed by atoms with Crippen molar-refractivity contribution in [3.63, 3.8) is 0 Å². The van der Waals surface area contributed by atoms with Gasteiger partial charge in [-0.05, 0) is 54.2 Å². The van der Waals surface area contributed by atoms with E-state index < -0.39 is 35.2 Å². The van der Waals surface area contributed by atoms with Crippen molar-refractivity contribution in [3.05, 3.63) is 70.8 Å². The fraction of sp³-hybridized carbons (Fsp3) is 0.333. The molecule has 9 heteroatoms. The van der Waals surface area contributed by atoms with Gasteiger partial charge in [0.15, 0.2) is 11.6 Å². The number of nitrogens with one attached hydrogen (secondary N) is 2. The Kier molecular flexibility index (Phi) is 5.84. The Hall–Kier alpha value is -3.46. The Morgan fingerprint density at radius 2 is 1.88 bits per heavy atom. The summed E-state index contributed by atoms with van der Waals surface area (Å²) < 4.78 is 34.9. The number of aliphatic hydroxyl groups is 1. The third kappa shape index (κ3) is 4.16. The van der Waals surface area contributed by atoms with Gasteiger partial charge in [-0.25, -0.2) is 18.3 Å². The predicted octanol–water partition coefficient (Wildman–Crippen LogP) is 4.37. The summed E-state index contributed by atoms with van der Waals surface area (Å²) in [4.78, 5) is 13.0. The molecule has 0 fully saturated rings. The molecule has 0 spiro atoms. The highest BCUT2D eigenvalue weighted by molar-refractivity contribution is 5.90. The third-order valence-corrected chi connectivity index (χ3v) is 6.05. The second kappa shape index (κ2) is 8.47. The first-order valence-corrected chi connectivity index (χ1v) is 10.6. The standard InChI is InChI=1S/C24H26F2N4O3/c1-13-21(30(29-22(13)33-4)14-8-6-5-7-9-14)28-23(32)27-20-15-10-17(25)18(26)11-16(15)24(2,3)12-19(20)31/h5-11,19-20,31H,12H2,1-4H3,(H2,27,28,32). The third-order valence-electron chi connectivity index (χ3n) is 6.05. The van der Waals surface area contributed by atoms with Crippen molar-refractivity contribution in [3.8, 4) is 11.6 Å². The van der Waals surface area contributed by atoms with Gasteiger partial charge in [0.1, 0.15) is 5.82 Å².